The molecule has 2 aromatic heterocycles. The number of benzene rings is 3. The largest absolute Gasteiger partial charge is 0.493 e. The molecule has 2 heterocycles. The number of ether oxygens (including phenoxy) is 4. The average Bonchev–Trinajstić information content (AvgIpc) is 3.39. The van der Waals surface area contributed by atoms with Crippen LogP contribution < -0.4 is 24.3 Å². The number of rotatable bonds is 11. The van der Waals surface area contributed by atoms with Crippen LogP contribution >= 0.6 is 0 Å². The summed E-state index contributed by atoms with van der Waals surface area (Å²) < 4.78 is 24.1. The van der Waals surface area contributed by atoms with E-state index in [1.165, 1.54) is 0 Å². The number of carbonyl (C=O) groups excluding carboxylic acids is 2. The number of aliphatic hydroxyl groups is 1. The maximum absolute atomic E-state index is 14.0. The summed E-state index contributed by atoms with van der Waals surface area (Å²) in [5.41, 5.74) is 3.74. The molecule has 0 bridgehead atoms. The van der Waals surface area contributed by atoms with E-state index in [-0.39, 0.29) is 18.8 Å². The van der Waals surface area contributed by atoms with Crippen LogP contribution in [0.25, 0.3) is 38.5 Å². The molecule has 0 atom stereocenters. The van der Waals surface area contributed by atoms with Gasteiger partial charge < -0.3 is 33.8 Å². The van der Waals surface area contributed by atoms with E-state index in [0.29, 0.717) is 40.5 Å². The van der Waals surface area contributed by atoms with Gasteiger partial charge >= 0.3 is 0 Å². The van der Waals surface area contributed by atoms with Gasteiger partial charge in [-0.25, -0.2) is 0 Å². The number of methoxy groups -OCH3 is 4. The lowest BCUT2D eigenvalue weighted by molar-refractivity contribution is -0.117. The van der Waals surface area contributed by atoms with Gasteiger partial charge in [0.05, 0.1) is 34.0 Å². The molecule has 0 aliphatic carbocycles. The molecule has 0 fully saturated rings. The molecular weight excluding hydrogens is 536 g/mol. The normalized spacial score (nSPS) is 11.0. The van der Waals surface area contributed by atoms with Crippen molar-refractivity contribution in [1.82, 2.24) is 9.72 Å². The van der Waals surface area contributed by atoms with Crippen molar-refractivity contribution in [2.75, 3.05) is 41.6 Å². The van der Waals surface area contributed by atoms with Gasteiger partial charge in [0, 0.05) is 35.9 Å². The summed E-state index contributed by atoms with van der Waals surface area (Å²) in [6.45, 7) is 0.0754. The topological polar surface area (TPSA) is 108 Å². The van der Waals surface area contributed by atoms with Crippen molar-refractivity contribution in [3.8, 4) is 45.3 Å². The number of nitrogens with zero attached hydrogens (tertiary/aromatic N) is 1. The van der Waals surface area contributed by atoms with Crippen LogP contribution in [-0.4, -0.2) is 62.8 Å². The van der Waals surface area contributed by atoms with Crippen LogP contribution in [0.4, 0.5) is 0 Å². The van der Waals surface area contributed by atoms with Gasteiger partial charge in [-0.3, -0.25) is 9.59 Å². The van der Waals surface area contributed by atoms with Crippen molar-refractivity contribution in [2.45, 2.75) is 6.42 Å². The van der Waals surface area contributed by atoms with E-state index in [0.717, 1.165) is 27.5 Å². The van der Waals surface area contributed by atoms with E-state index in [1.54, 1.807) is 39.0 Å². The van der Waals surface area contributed by atoms with Gasteiger partial charge in [-0.05, 0) is 53.3 Å². The lowest BCUT2D eigenvalue weighted by Gasteiger charge is -2.13. The van der Waals surface area contributed by atoms with Crippen LogP contribution in [0, 0.1) is 0 Å². The van der Waals surface area contributed by atoms with E-state index >= 15 is 0 Å². The Labute approximate surface area is 243 Å². The van der Waals surface area contributed by atoms with Gasteiger partial charge in [0.1, 0.15) is 5.69 Å². The van der Waals surface area contributed by atoms with Crippen LogP contribution in [-0.2, 0) is 4.79 Å². The van der Waals surface area contributed by atoms with Gasteiger partial charge in [-0.15, -0.1) is 0 Å². The Balaban J connectivity index is 1.94. The predicted molar refractivity (Wildman–Crippen MR) is 161 cm³/mol. The summed E-state index contributed by atoms with van der Waals surface area (Å²) in [5, 5.41) is 13.5. The van der Waals surface area contributed by atoms with Gasteiger partial charge in [-0.1, -0.05) is 36.4 Å². The van der Waals surface area contributed by atoms with E-state index in [1.807, 2.05) is 66.7 Å². The SMILES string of the molecule is COc1ccc(-c2c(-c3ccccc3)c(C(=O)C(=O)NCCCO)n3ccc4cc(OC)c(OC)cc4c23)cc1OC. The molecule has 0 saturated carbocycles. The second-order valence-corrected chi connectivity index (χ2v) is 9.53. The molecule has 42 heavy (non-hydrogen) atoms. The lowest BCUT2D eigenvalue weighted by atomic mass is 9.93. The number of Topliss-reactive ketones (excluding diaryl/α,β-unsaturated/α-hetero) is 1. The van der Waals surface area contributed by atoms with Crippen LogP contribution in [0.3, 0.4) is 0 Å². The van der Waals surface area contributed by atoms with Crippen molar-refractivity contribution < 1.29 is 33.6 Å². The van der Waals surface area contributed by atoms with Crippen LogP contribution in [0.15, 0.2) is 72.9 Å². The first-order chi connectivity index (χ1) is 20.5. The van der Waals surface area contributed by atoms with E-state index in [4.69, 9.17) is 18.9 Å². The fourth-order valence-corrected chi connectivity index (χ4v) is 5.25. The van der Waals surface area contributed by atoms with Crippen molar-refractivity contribution in [2.24, 2.45) is 0 Å². The highest BCUT2D eigenvalue weighted by Crippen LogP contribution is 2.46. The molecule has 0 saturated heterocycles. The number of hydrogen-bond acceptors (Lipinski definition) is 7. The number of fused-ring (bicyclic) bond motifs is 3. The Kier molecular flexibility index (Phi) is 8.31. The third-order valence-electron chi connectivity index (χ3n) is 7.20. The van der Waals surface area contributed by atoms with Crippen molar-refractivity contribution >= 4 is 28.0 Å². The molecule has 9 nitrogen and oxygen atoms in total. The van der Waals surface area contributed by atoms with Gasteiger partial charge in [0.25, 0.3) is 11.7 Å². The third kappa shape index (κ3) is 4.99. The zero-order valence-electron chi connectivity index (χ0n) is 23.9. The Morgan fingerprint density at radius 2 is 1.43 bits per heavy atom. The van der Waals surface area contributed by atoms with Gasteiger partial charge in [0.15, 0.2) is 23.0 Å². The van der Waals surface area contributed by atoms with E-state index in [9.17, 15) is 14.7 Å². The number of carbonyl (C=O) groups is 2. The number of aromatic nitrogens is 1. The number of nitrogens with one attached hydrogen (secondary N) is 1. The molecule has 2 N–H and O–H groups in total. The molecule has 0 aliphatic heterocycles. The monoisotopic (exact) mass is 568 g/mol. The number of pyridine rings is 1. The fourth-order valence-electron chi connectivity index (χ4n) is 5.25. The van der Waals surface area contributed by atoms with Gasteiger partial charge in [0.2, 0.25) is 0 Å². The summed E-state index contributed by atoms with van der Waals surface area (Å²) in [7, 11) is 6.28. The zero-order chi connectivity index (χ0) is 29.8. The summed E-state index contributed by atoms with van der Waals surface area (Å²) in [6.07, 6.45) is 2.12. The Hall–Kier alpha value is -5.02. The lowest BCUT2D eigenvalue weighted by Crippen LogP contribution is -2.33. The Morgan fingerprint density at radius 3 is 2.10 bits per heavy atom. The third-order valence-corrected chi connectivity index (χ3v) is 7.20. The van der Waals surface area contributed by atoms with Crippen LogP contribution in [0.2, 0.25) is 0 Å². The molecule has 216 valence electrons. The molecule has 5 rings (SSSR count). The molecule has 0 radical (unpaired) electrons. The average molecular weight is 569 g/mol. The second kappa shape index (κ2) is 12.2. The number of aliphatic hydroxyl groups excluding tert-OH is 1. The molecule has 0 spiro atoms. The maximum Gasteiger partial charge on any atom is 0.294 e. The molecule has 0 aliphatic rings. The predicted octanol–water partition coefficient (Wildman–Crippen LogP) is 5.14. The first-order valence-corrected chi connectivity index (χ1v) is 13.4. The Bertz CT molecular complexity index is 1780. The van der Waals surface area contributed by atoms with Crippen molar-refractivity contribution in [3.63, 3.8) is 0 Å². The number of amides is 1. The van der Waals surface area contributed by atoms with Crippen LogP contribution in [0.1, 0.15) is 16.9 Å². The summed E-state index contributed by atoms with van der Waals surface area (Å²) >= 11 is 0. The van der Waals surface area contributed by atoms with E-state index < -0.39 is 11.7 Å². The Morgan fingerprint density at radius 1 is 0.762 bits per heavy atom. The van der Waals surface area contributed by atoms with Crippen LogP contribution in [0.5, 0.6) is 23.0 Å². The molecule has 1 amide bonds. The highest BCUT2D eigenvalue weighted by Gasteiger charge is 2.30. The zero-order valence-corrected chi connectivity index (χ0v) is 23.9. The molecule has 3 aromatic carbocycles. The van der Waals surface area contributed by atoms with Crippen molar-refractivity contribution in [3.05, 3.63) is 78.6 Å². The number of ketones is 1. The highest BCUT2D eigenvalue weighted by atomic mass is 16.5. The minimum absolute atomic E-state index is 0.0987. The standard InChI is InChI=1S/C33H32N2O7/c1-39-24-12-11-22(18-25(24)40-2)29-28(20-9-6-5-7-10-20)31(32(37)33(38)34-14-8-16-36)35-15-13-21-17-26(41-3)27(42-4)19-23(21)30(29)35/h5-7,9-13,15,17-19,36H,8,14,16H2,1-4H3,(H,34,38). The van der Waals surface area contributed by atoms with E-state index in [2.05, 4.69) is 5.32 Å². The first kappa shape index (κ1) is 28.5. The second-order valence-electron chi connectivity index (χ2n) is 9.53. The molecule has 5 aromatic rings. The minimum Gasteiger partial charge on any atom is -0.493 e. The maximum atomic E-state index is 14.0. The fraction of sp³-hybridized carbons (Fsp3) is 0.212. The molecule has 0 unspecified atom stereocenters. The molecule has 9 heteroatoms. The van der Waals surface area contributed by atoms with Crippen molar-refractivity contribution in [1.29, 1.82) is 0 Å². The number of hydrogen-bond donors (Lipinski definition) is 2. The molecular formula is C33H32N2O7. The van der Waals surface area contributed by atoms with Gasteiger partial charge in [-0.2, -0.15) is 0 Å². The minimum atomic E-state index is -0.758. The summed E-state index contributed by atoms with van der Waals surface area (Å²) in [6, 6.07) is 20.7. The quantitative estimate of drug-likeness (QED) is 0.129. The smallest absolute Gasteiger partial charge is 0.294 e. The summed E-state index contributed by atoms with van der Waals surface area (Å²) in [4.78, 5) is 27.2. The first-order valence-electron chi connectivity index (χ1n) is 13.4. The summed E-state index contributed by atoms with van der Waals surface area (Å²) in [5.74, 6) is 0.703. The highest BCUT2D eigenvalue weighted by molar-refractivity contribution is 6.44.